The Morgan fingerprint density at radius 1 is 1.10 bits per heavy atom. The number of rotatable bonds is 5. The van der Waals surface area contributed by atoms with Gasteiger partial charge in [-0.25, -0.2) is 0 Å². The van der Waals surface area contributed by atoms with Gasteiger partial charge < -0.3 is 10.1 Å². The normalized spacial score (nSPS) is 30.0. The molecule has 3 rings (SSSR count). The molecule has 0 aromatic carbocycles. The molecule has 1 N–H and O–H groups in total. The average molecular weight is 294 g/mol. The van der Waals surface area contributed by atoms with Crippen LogP contribution in [0, 0.1) is 5.41 Å². The minimum Gasteiger partial charge on any atom is -0.373 e. The van der Waals surface area contributed by atoms with Crippen LogP contribution in [0.4, 0.5) is 0 Å². The summed E-state index contributed by atoms with van der Waals surface area (Å²) in [5.41, 5.74) is 0.556. The Labute approximate surface area is 130 Å². The van der Waals surface area contributed by atoms with Gasteiger partial charge in [-0.1, -0.05) is 25.7 Å². The number of hydrogen-bond donors (Lipinski definition) is 1. The molecule has 0 bridgehead atoms. The van der Waals surface area contributed by atoms with E-state index < -0.39 is 0 Å². The molecule has 0 amide bonds. The summed E-state index contributed by atoms with van der Waals surface area (Å²) in [6.45, 7) is 10.1. The molecule has 2 saturated carbocycles. The first-order valence-corrected chi connectivity index (χ1v) is 9.17. The zero-order chi connectivity index (χ0) is 14.8. The zero-order valence-corrected chi connectivity index (χ0v) is 14.1. The van der Waals surface area contributed by atoms with Crippen LogP contribution >= 0.6 is 0 Å². The van der Waals surface area contributed by atoms with Crippen LogP contribution < -0.4 is 5.32 Å². The van der Waals surface area contributed by atoms with E-state index in [0.717, 1.165) is 25.7 Å². The molecule has 2 aliphatic carbocycles. The molecule has 3 nitrogen and oxygen atoms in total. The summed E-state index contributed by atoms with van der Waals surface area (Å²) in [5, 5.41) is 3.85. The van der Waals surface area contributed by atoms with Crippen molar-refractivity contribution in [2.45, 2.75) is 76.9 Å². The van der Waals surface area contributed by atoms with Gasteiger partial charge in [-0.05, 0) is 44.9 Å². The van der Waals surface area contributed by atoms with Crippen molar-refractivity contribution in [3.05, 3.63) is 0 Å². The van der Waals surface area contributed by atoms with E-state index in [1.54, 1.807) is 0 Å². The predicted octanol–water partition coefficient (Wildman–Crippen LogP) is 3.19. The first-order valence-electron chi connectivity index (χ1n) is 9.17. The zero-order valence-electron chi connectivity index (χ0n) is 14.1. The van der Waals surface area contributed by atoms with Crippen LogP contribution in [0.25, 0.3) is 0 Å². The van der Waals surface area contributed by atoms with E-state index in [1.807, 2.05) is 0 Å². The molecule has 0 aromatic heterocycles. The number of morpholine rings is 1. The summed E-state index contributed by atoms with van der Waals surface area (Å²) in [5.74, 6) is 0. The van der Waals surface area contributed by atoms with Crippen LogP contribution in [0.15, 0.2) is 0 Å². The quantitative estimate of drug-likeness (QED) is 0.788. The van der Waals surface area contributed by atoms with Gasteiger partial charge in [-0.3, -0.25) is 4.90 Å². The smallest absolute Gasteiger partial charge is 0.0753 e. The lowest BCUT2D eigenvalue weighted by Gasteiger charge is -2.44. The SMILES string of the molecule is CC1(C)CN(CC2(CNC3CC3)CCCCCC2)CCO1. The molecule has 1 saturated heterocycles. The highest BCUT2D eigenvalue weighted by Gasteiger charge is 2.37. The Morgan fingerprint density at radius 3 is 2.43 bits per heavy atom. The molecule has 122 valence electrons. The van der Waals surface area contributed by atoms with Crippen molar-refractivity contribution in [3.8, 4) is 0 Å². The van der Waals surface area contributed by atoms with E-state index in [2.05, 4.69) is 24.1 Å². The minimum absolute atomic E-state index is 0.0358. The summed E-state index contributed by atoms with van der Waals surface area (Å²) >= 11 is 0. The van der Waals surface area contributed by atoms with Crippen LogP contribution in [0.5, 0.6) is 0 Å². The molecule has 3 heteroatoms. The van der Waals surface area contributed by atoms with Gasteiger partial charge in [0, 0.05) is 32.2 Å². The largest absolute Gasteiger partial charge is 0.373 e. The lowest BCUT2D eigenvalue weighted by atomic mass is 9.79. The Kier molecular flexibility index (Phi) is 4.92. The van der Waals surface area contributed by atoms with E-state index in [9.17, 15) is 0 Å². The maximum Gasteiger partial charge on any atom is 0.0753 e. The first kappa shape index (κ1) is 15.8. The van der Waals surface area contributed by atoms with E-state index in [-0.39, 0.29) is 5.60 Å². The van der Waals surface area contributed by atoms with Crippen LogP contribution in [-0.4, -0.2) is 49.3 Å². The second-order valence-corrected chi connectivity index (χ2v) is 8.39. The molecule has 1 heterocycles. The van der Waals surface area contributed by atoms with Gasteiger partial charge in [0.15, 0.2) is 0 Å². The van der Waals surface area contributed by atoms with Crippen molar-refractivity contribution < 1.29 is 4.74 Å². The van der Waals surface area contributed by atoms with Crippen LogP contribution in [-0.2, 0) is 4.74 Å². The van der Waals surface area contributed by atoms with E-state index in [4.69, 9.17) is 4.74 Å². The van der Waals surface area contributed by atoms with Crippen molar-refractivity contribution in [1.29, 1.82) is 0 Å². The summed E-state index contributed by atoms with van der Waals surface area (Å²) in [6, 6.07) is 0.839. The average Bonchev–Trinajstić information content (AvgIpc) is 3.23. The van der Waals surface area contributed by atoms with Gasteiger partial charge in [-0.2, -0.15) is 0 Å². The molecule has 3 aliphatic rings. The highest BCUT2D eigenvalue weighted by molar-refractivity contribution is 4.92. The minimum atomic E-state index is 0.0358. The second kappa shape index (κ2) is 6.55. The highest BCUT2D eigenvalue weighted by atomic mass is 16.5. The molecule has 3 fully saturated rings. The molecular weight excluding hydrogens is 260 g/mol. The third kappa shape index (κ3) is 4.67. The molecule has 0 aromatic rings. The first-order chi connectivity index (χ1) is 10.1. The van der Waals surface area contributed by atoms with Gasteiger partial charge in [0.2, 0.25) is 0 Å². The molecule has 0 atom stereocenters. The van der Waals surface area contributed by atoms with Crippen molar-refractivity contribution in [1.82, 2.24) is 10.2 Å². The Hall–Kier alpha value is -0.120. The van der Waals surface area contributed by atoms with E-state index in [0.29, 0.717) is 5.41 Å². The molecule has 0 unspecified atom stereocenters. The van der Waals surface area contributed by atoms with Gasteiger partial charge >= 0.3 is 0 Å². The Bertz CT molecular complexity index is 330. The topological polar surface area (TPSA) is 24.5 Å². The molecular formula is C18H34N2O. The van der Waals surface area contributed by atoms with Gasteiger partial charge in [-0.15, -0.1) is 0 Å². The monoisotopic (exact) mass is 294 g/mol. The summed E-state index contributed by atoms with van der Waals surface area (Å²) in [4.78, 5) is 2.68. The Balaban J connectivity index is 1.62. The van der Waals surface area contributed by atoms with Crippen LogP contribution in [0.3, 0.4) is 0 Å². The highest BCUT2D eigenvalue weighted by Crippen LogP contribution is 2.37. The lowest BCUT2D eigenvalue weighted by molar-refractivity contribution is -0.0952. The van der Waals surface area contributed by atoms with Crippen molar-refractivity contribution >= 4 is 0 Å². The van der Waals surface area contributed by atoms with Gasteiger partial charge in [0.05, 0.1) is 12.2 Å². The summed E-state index contributed by atoms with van der Waals surface area (Å²) in [6.07, 6.45) is 11.4. The van der Waals surface area contributed by atoms with Crippen molar-refractivity contribution in [2.75, 3.05) is 32.8 Å². The third-order valence-corrected chi connectivity index (χ3v) is 5.57. The summed E-state index contributed by atoms with van der Waals surface area (Å²) in [7, 11) is 0. The number of nitrogens with one attached hydrogen (secondary N) is 1. The fraction of sp³-hybridized carbons (Fsp3) is 1.00. The fourth-order valence-electron chi connectivity index (χ4n) is 4.24. The van der Waals surface area contributed by atoms with E-state index >= 15 is 0 Å². The number of hydrogen-bond acceptors (Lipinski definition) is 3. The number of nitrogens with zero attached hydrogens (tertiary/aromatic N) is 1. The standard InChI is InChI=1S/C18H34N2O/c1-17(2)14-20(11-12-21-17)15-18(13-19-16-7-8-16)9-5-3-4-6-10-18/h16,19H,3-15H2,1-2H3. The van der Waals surface area contributed by atoms with Gasteiger partial charge in [0.25, 0.3) is 0 Å². The van der Waals surface area contributed by atoms with Crippen LogP contribution in [0.2, 0.25) is 0 Å². The second-order valence-electron chi connectivity index (χ2n) is 8.39. The Morgan fingerprint density at radius 2 is 1.81 bits per heavy atom. The predicted molar refractivity (Wildman–Crippen MR) is 87.6 cm³/mol. The number of ether oxygens (including phenoxy) is 1. The maximum atomic E-state index is 5.89. The molecule has 0 spiro atoms. The van der Waals surface area contributed by atoms with Crippen molar-refractivity contribution in [3.63, 3.8) is 0 Å². The maximum absolute atomic E-state index is 5.89. The van der Waals surface area contributed by atoms with Gasteiger partial charge in [0.1, 0.15) is 0 Å². The fourth-order valence-corrected chi connectivity index (χ4v) is 4.24. The summed E-state index contributed by atoms with van der Waals surface area (Å²) < 4.78 is 5.89. The lowest BCUT2D eigenvalue weighted by Crippen LogP contribution is -2.53. The van der Waals surface area contributed by atoms with Crippen LogP contribution in [0.1, 0.15) is 65.2 Å². The van der Waals surface area contributed by atoms with Crippen molar-refractivity contribution in [2.24, 2.45) is 5.41 Å². The molecule has 0 radical (unpaired) electrons. The third-order valence-electron chi connectivity index (χ3n) is 5.57. The molecule has 1 aliphatic heterocycles. The molecule has 21 heavy (non-hydrogen) atoms. The van der Waals surface area contributed by atoms with E-state index in [1.165, 1.54) is 64.5 Å².